The van der Waals surface area contributed by atoms with Crippen molar-refractivity contribution in [2.24, 2.45) is 0 Å². The molecule has 0 bridgehead atoms. The first-order valence-electron chi connectivity index (χ1n) is 10.3. The monoisotopic (exact) mass is 456 g/mol. The zero-order chi connectivity index (χ0) is 23.2. The summed E-state index contributed by atoms with van der Waals surface area (Å²) in [5, 5.41) is 22.0. The van der Waals surface area contributed by atoms with Gasteiger partial charge in [0.2, 0.25) is 0 Å². The summed E-state index contributed by atoms with van der Waals surface area (Å²) in [6.07, 6.45) is 0. The maximum absolute atomic E-state index is 11.1. The summed E-state index contributed by atoms with van der Waals surface area (Å²) in [5.41, 5.74) is 4.12. The fourth-order valence-electron chi connectivity index (χ4n) is 3.63. The zero-order valence-corrected chi connectivity index (χ0v) is 18.3. The Morgan fingerprint density at radius 3 is 1.09 bits per heavy atom. The lowest BCUT2D eigenvalue weighted by Crippen LogP contribution is -2.04. The molecule has 4 aromatic rings. The maximum atomic E-state index is 11.1. The average Bonchev–Trinajstić information content (AvgIpc) is 2.86. The van der Waals surface area contributed by atoms with Crippen molar-refractivity contribution < 1.29 is 9.85 Å². The molecule has 4 rings (SSSR count). The second kappa shape index (κ2) is 10.1. The summed E-state index contributed by atoms with van der Waals surface area (Å²) < 4.78 is 0. The Bertz CT molecular complexity index is 1130. The quantitative estimate of drug-likeness (QED) is 0.208. The van der Waals surface area contributed by atoms with E-state index >= 15 is 0 Å². The summed E-state index contributed by atoms with van der Waals surface area (Å²) in [6.45, 7) is 0. The highest BCUT2D eigenvalue weighted by atomic mass is 32.2. The van der Waals surface area contributed by atoms with E-state index in [0.717, 1.165) is 22.3 Å². The molecule has 0 saturated carbocycles. The smallest absolute Gasteiger partial charge is 0.258 e. The van der Waals surface area contributed by atoms with Crippen LogP contribution in [-0.4, -0.2) is 9.85 Å². The van der Waals surface area contributed by atoms with Crippen LogP contribution in [0.25, 0.3) is 0 Å². The molecule has 0 saturated heterocycles. The zero-order valence-electron chi connectivity index (χ0n) is 17.5. The van der Waals surface area contributed by atoms with Gasteiger partial charge in [0.25, 0.3) is 11.4 Å². The molecule has 0 amide bonds. The molecule has 4 aromatic carbocycles. The highest BCUT2D eigenvalue weighted by Gasteiger charge is 2.24. The predicted octanol–water partition coefficient (Wildman–Crippen LogP) is 7.12. The van der Waals surface area contributed by atoms with Gasteiger partial charge in [-0.3, -0.25) is 20.2 Å². The van der Waals surface area contributed by atoms with E-state index < -0.39 is 9.85 Å². The summed E-state index contributed by atoms with van der Waals surface area (Å²) in [4.78, 5) is 21.4. The molecule has 164 valence electrons. The van der Waals surface area contributed by atoms with Gasteiger partial charge in [-0.1, -0.05) is 84.9 Å². The maximum Gasteiger partial charge on any atom is 0.269 e. The first-order valence-corrected chi connectivity index (χ1v) is 11.2. The van der Waals surface area contributed by atoms with Crippen molar-refractivity contribution >= 4 is 23.1 Å². The van der Waals surface area contributed by atoms with Gasteiger partial charge >= 0.3 is 0 Å². The molecule has 6 nitrogen and oxygen atoms in total. The van der Waals surface area contributed by atoms with E-state index in [0.29, 0.717) is 0 Å². The standard InChI is InChI=1S/C26H20N2O4S/c29-27(30)23-15-11-21(12-16-23)25(19-7-3-1-4-8-19)33-26(20-9-5-2-6-10-20)22-13-17-24(18-14-22)28(31)32/h1-18,25-26H. The van der Waals surface area contributed by atoms with Crippen LogP contribution in [0, 0.1) is 20.2 Å². The van der Waals surface area contributed by atoms with Crippen molar-refractivity contribution in [3.8, 4) is 0 Å². The highest BCUT2D eigenvalue weighted by Crippen LogP contribution is 2.47. The first kappa shape index (κ1) is 22.2. The molecule has 0 aliphatic heterocycles. The molecule has 0 N–H and O–H groups in total. The molecule has 0 spiro atoms. The SMILES string of the molecule is O=[N+]([O-])c1ccc(C(SC(c2ccccc2)c2ccc([N+](=O)[O-])cc2)c2ccccc2)cc1. The van der Waals surface area contributed by atoms with Crippen LogP contribution in [0.15, 0.2) is 109 Å². The van der Waals surface area contributed by atoms with Crippen molar-refractivity contribution in [2.75, 3.05) is 0 Å². The molecule has 2 unspecified atom stereocenters. The molecule has 0 aromatic heterocycles. The number of non-ortho nitro benzene ring substituents is 2. The minimum absolute atomic E-state index is 0.0468. The van der Waals surface area contributed by atoms with E-state index in [2.05, 4.69) is 0 Å². The molecule has 0 aliphatic carbocycles. The third-order valence-corrected chi connectivity index (χ3v) is 6.92. The Kier molecular flexibility index (Phi) is 6.80. The molecular formula is C26H20N2O4S. The minimum atomic E-state index is -0.405. The van der Waals surface area contributed by atoms with Gasteiger partial charge in [-0.15, -0.1) is 11.8 Å². The van der Waals surface area contributed by atoms with Gasteiger partial charge < -0.3 is 0 Å². The summed E-state index contributed by atoms with van der Waals surface area (Å²) in [6, 6.07) is 33.2. The third kappa shape index (κ3) is 5.27. The molecule has 0 heterocycles. The summed E-state index contributed by atoms with van der Waals surface area (Å²) in [5.74, 6) is 0. The fraction of sp³-hybridized carbons (Fsp3) is 0.0769. The van der Waals surface area contributed by atoms with Crippen molar-refractivity contribution in [1.29, 1.82) is 0 Å². The Labute approximate surface area is 195 Å². The number of nitrogens with zero attached hydrogens (tertiary/aromatic N) is 2. The van der Waals surface area contributed by atoms with Crippen LogP contribution in [0.4, 0.5) is 11.4 Å². The second-order valence-corrected chi connectivity index (χ2v) is 8.63. The molecule has 33 heavy (non-hydrogen) atoms. The fourth-order valence-corrected chi connectivity index (χ4v) is 5.16. The van der Waals surface area contributed by atoms with Crippen LogP contribution < -0.4 is 0 Å². The van der Waals surface area contributed by atoms with E-state index in [4.69, 9.17) is 0 Å². The Morgan fingerprint density at radius 1 is 0.485 bits per heavy atom. The lowest BCUT2D eigenvalue weighted by atomic mass is 10.0. The van der Waals surface area contributed by atoms with Gasteiger partial charge in [0, 0.05) is 24.3 Å². The van der Waals surface area contributed by atoms with Crippen LogP contribution in [0.1, 0.15) is 32.8 Å². The molecule has 0 fully saturated rings. The van der Waals surface area contributed by atoms with Crippen molar-refractivity contribution in [3.05, 3.63) is 152 Å². The van der Waals surface area contributed by atoms with Crippen LogP contribution in [-0.2, 0) is 0 Å². The lowest BCUT2D eigenvalue weighted by molar-refractivity contribution is -0.385. The third-order valence-electron chi connectivity index (χ3n) is 5.29. The molecule has 2 atom stereocenters. The van der Waals surface area contributed by atoms with Crippen molar-refractivity contribution in [1.82, 2.24) is 0 Å². The van der Waals surface area contributed by atoms with E-state index in [9.17, 15) is 20.2 Å². The van der Waals surface area contributed by atoms with Gasteiger partial charge in [-0.25, -0.2) is 0 Å². The predicted molar refractivity (Wildman–Crippen MR) is 130 cm³/mol. The summed E-state index contributed by atoms with van der Waals surface area (Å²) >= 11 is 1.69. The van der Waals surface area contributed by atoms with Gasteiger partial charge in [0.1, 0.15) is 0 Å². The van der Waals surface area contributed by atoms with E-state index in [1.165, 1.54) is 24.3 Å². The Morgan fingerprint density at radius 2 is 0.788 bits per heavy atom. The van der Waals surface area contributed by atoms with E-state index in [1.54, 1.807) is 36.0 Å². The Hall–Kier alpha value is -3.97. The average molecular weight is 457 g/mol. The number of hydrogen-bond acceptors (Lipinski definition) is 5. The van der Waals surface area contributed by atoms with Crippen LogP contribution in [0.2, 0.25) is 0 Å². The normalized spacial score (nSPS) is 12.6. The minimum Gasteiger partial charge on any atom is -0.258 e. The number of nitro groups is 2. The largest absolute Gasteiger partial charge is 0.269 e. The van der Waals surface area contributed by atoms with E-state index in [1.807, 2.05) is 60.7 Å². The molecule has 0 radical (unpaired) electrons. The number of hydrogen-bond donors (Lipinski definition) is 0. The topological polar surface area (TPSA) is 86.3 Å². The number of nitro benzene ring substituents is 2. The lowest BCUT2D eigenvalue weighted by Gasteiger charge is -2.25. The van der Waals surface area contributed by atoms with E-state index in [-0.39, 0.29) is 21.9 Å². The van der Waals surface area contributed by atoms with Gasteiger partial charge in [-0.2, -0.15) is 0 Å². The number of rotatable bonds is 8. The number of thioether (sulfide) groups is 1. The molecule has 7 heteroatoms. The summed E-state index contributed by atoms with van der Waals surface area (Å²) in [7, 11) is 0. The first-order chi connectivity index (χ1) is 16.0. The highest BCUT2D eigenvalue weighted by molar-refractivity contribution is 8.00. The van der Waals surface area contributed by atoms with Crippen molar-refractivity contribution in [2.45, 2.75) is 10.5 Å². The van der Waals surface area contributed by atoms with Crippen LogP contribution >= 0.6 is 11.8 Å². The Balaban J connectivity index is 1.77. The number of benzene rings is 4. The van der Waals surface area contributed by atoms with Crippen LogP contribution in [0.5, 0.6) is 0 Å². The second-order valence-electron chi connectivity index (χ2n) is 7.41. The van der Waals surface area contributed by atoms with Gasteiger partial charge in [0.15, 0.2) is 0 Å². The van der Waals surface area contributed by atoms with Crippen LogP contribution in [0.3, 0.4) is 0 Å². The van der Waals surface area contributed by atoms with Gasteiger partial charge in [0.05, 0.1) is 20.3 Å². The molecular weight excluding hydrogens is 436 g/mol. The molecule has 0 aliphatic rings. The van der Waals surface area contributed by atoms with Gasteiger partial charge in [-0.05, 0) is 22.3 Å². The van der Waals surface area contributed by atoms with Crippen molar-refractivity contribution in [3.63, 3.8) is 0 Å².